The van der Waals surface area contributed by atoms with E-state index in [0.717, 1.165) is 12.1 Å². The number of halogens is 3. The van der Waals surface area contributed by atoms with Gasteiger partial charge in [0.15, 0.2) is 9.84 Å². The molecule has 0 radical (unpaired) electrons. The number of benzene rings is 2. The maximum atomic E-state index is 13.7. The van der Waals surface area contributed by atoms with Gasteiger partial charge in [-0.3, -0.25) is 0 Å². The van der Waals surface area contributed by atoms with Crippen molar-refractivity contribution >= 4 is 38.7 Å². The van der Waals surface area contributed by atoms with Crippen LogP contribution in [0.4, 0.5) is 10.1 Å². The second-order valence-electron chi connectivity index (χ2n) is 4.15. The molecule has 0 saturated carbocycles. The zero-order valence-electron chi connectivity index (χ0n) is 10.1. The van der Waals surface area contributed by atoms with Crippen LogP contribution in [0.5, 0.6) is 0 Å². The zero-order chi connectivity index (χ0) is 14.9. The van der Waals surface area contributed by atoms with Crippen LogP contribution in [0.15, 0.2) is 41.3 Å². The fourth-order valence-electron chi connectivity index (χ4n) is 1.71. The minimum atomic E-state index is -3.91. The molecular weight excluding hydrogens is 324 g/mol. The van der Waals surface area contributed by atoms with Gasteiger partial charge in [-0.1, -0.05) is 29.3 Å². The van der Waals surface area contributed by atoms with E-state index >= 15 is 0 Å². The van der Waals surface area contributed by atoms with Crippen molar-refractivity contribution in [2.45, 2.75) is 10.6 Å². The topological polar surface area (TPSA) is 60.2 Å². The average molecular weight is 334 g/mol. The predicted molar refractivity (Wildman–Crippen MR) is 78.2 cm³/mol. The number of nitrogen functional groups attached to an aromatic ring is 1. The van der Waals surface area contributed by atoms with Gasteiger partial charge < -0.3 is 5.73 Å². The molecule has 0 bridgehead atoms. The Hall–Kier alpha value is -1.30. The van der Waals surface area contributed by atoms with Crippen LogP contribution in [0.2, 0.25) is 10.0 Å². The summed E-state index contributed by atoms with van der Waals surface area (Å²) in [6.07, 6.45) is 0. The van der Waals surface area contributed by atoms with Gasteiger partial charge in [-0.25, -0.2) is 12.8 Å². The van der Waals surface area contributed by atoms with Crippen molar-refractivity contribution in [1.29, 1.82) is 0 Å². The van der Waals surface area contributed by atoms with E-state index in [0.29, 0.717) is 0 Å². The highest BCUT2D eigenvalue weighted by Crippen LogP contribution is 2.29. The maximum Gasteiger partial charge on any atom is 0.185 e. The van der Waals surface area contributed by atoms with E-state index in [4.69, 9.17) is 28.9 Å². The van der Waals surface area contributed by atoms with Crippen LogP contribution < -0.4 is 5.73 Å². The lowest BCUT2D eigenvalue weighted by atomic mass is 10.2. The number of anilines is 1. The Morgan fingerprint density at radius 1 is 1.10 bits per heavy atom. The van der Waals surface area contributed by atoms with Gasteiger partial charge in [-0.05, 0) is 30.3 Å². The van der Waals surface area contributed by atoms with E-state index in [-0.39, 0.29) is 21.3 Å². The Balaban J connectivity index is 2.46. The number of hydrogen-bond acceptors (Lipinski definition) is 3. The summed E-state index contributed by atoms with van der Waals surface area (Å²) in [5.41, 5.74) is 5.79. The lowest BCUT2D eigenvalue weighted by molar-refractivity contribution is 0.567. The van der Waals surface area contributed by atoms with Crippen molar-refractivity contribution in [1.82, 2.24) is 0 Å². The molecule has 0 fully saturated rings. The second-order valence-corrected chi connectivity index (χ2v) is 6.92. The van der Waals surface area contributed by atoms with Crippen molar-refractivity contribution in [2.24, 2.45) is 0 Å². The molecule has 2 rings (SSSR count). The largest absolute Gasteiger partial charge is 0.399 e. The average Bonchev–Trinajstić information content (AvgIpc) is 2.33. The van der Waals surface area contributed by atoms with E-state index in [1.807, 2.05) is 0 Å². The van der Waals surface area contributed by atoms with E-state index in [1.165, 1.54) is 18.2 Å². The molecule has 0 aromatic heterocycles. The van der Waals surface area contributed by atoms with Crippen LogP contribution >= 0.6 is 23.2 Å². The van der Waals surface area contributed by atoms with Crippen LogP contribution in [0.3, 0.4) is 0 Å². The Kier molecular flexibility index (Phi) is 4.22. The molecule has 7 heteroatoms. The van der Waals surface area contributed by atoms with Gasteiger partial charge in [0, 0.05) is 21.3 Å². The van der Waals surface area contributed by atoms with Crippen LogP contribution in [0, 0.1) is 5.82 Å². The third kappa shape index (κ3) is 3.06. The molecule has 0 spiro atoms. The Bertz CT molecular complexity index is 743. The Morgan fingerprint density at radius 3 is 2.25 bits per heavy atom. The molecule has 0 aliphatic carbocycles. The smallest absolute Gasteiger partial charge is 0.185 e. The standard InChI is InChI=1S/C13H10Cl2FNO2S/c14-10-2-1-3-11(15)9(10)7-20(18,19)13-5-4-8(17)6-12(13)16/h1-6H,7,17H2. The molecule has 0 amide bonds. The summed E-state index contributed by atoms with van der Waals surface area (Å²) >= 11 is 11.9. The van der Waals surface area contributed by atoms with Crippen LogP contribution in [0.1, 0.15) is 5.56 Å². The molecule has 20 heavy (non-hydrogen) atoms. The number of hydrogen-bond donors (Lipinski definition) is 1. The third-order valence-corrected chi connectivity index (χ3v) is 5.07. The summed E-state index contributed by atoms with van der Waals surface area (Å²) in [6, 6.07) is 8.07. The maximum absolute atomic E-state index is 13.7. The minimum absolute atomic E-state index is 0.150. The van der Waals surface area contributed by atoms with Crippen LogP contribution in [-0.4, -0.2) is 8.42 Å². The number of rotatable bonds is 3. The number of sulfone groups is 1. The van der Waals surface area contributed by atoms with Gasteiger partial charge in [0.1, 0.15) is 10.7 Å². The summed E-state index contributed by atoms with van der Waals surface area (Å²) in [7, 11) is -3.91. The normalized spacial score (nSPS) is 11.6. The molecule has 2 aromatic rings. The first-order chi connectivity index (χ1) is 9.31. The quantitative estimate of drug-likeness (QED) is 0.871. The molecule has 0 aliphatic heterocycles. The summed E-state index contributed by atoms with van der Waals surface area (Å²) < 4.78 is 38.2. The first-order valence-electron chi connectivity index (χ1n) is 5.52. The van der Waals surface area contributed by atoms with Gasteiger partial charge in [0.2, 0.25) is 0 Å². The summed E-state index contributed by atoms with van der Waals surface area (Å²) in [5.74, 6) is -1.38. The van der Waals surface area contributed by atoms with Gasteiger partial charge in [0.05, 0.1) is 5.75 Å². The molecule has 2 aromatic carbocycles. The van der Waals surface area contributed by atoms with E-state index in [9.17, 15) is 12.8 Å². The summed E-state index contributed by atoms with van der Waals surface area (Å²) in [4.78, 5) is -0.428. The monoisotopic (exact) mass is 333 g/mol. The number of nitrogens with two attached hydrogens (primary N) is 1. The summed E-state index contributed by atoms with van der Waals surface area (Å²) in [6.45, 7) is 0. The molecular formula is C13H10Cl2FNO2S. The van der Waals surface area contributed by atoms with Gasteiger partial charge in [-0.15, -0.1) is 0 Å². The predicted octanol–water partition coefficient (Wildman–Crippen LogP) is 3.69. The van der Waals surface area contributed by atoms with Crippen LogP contribution in [-0.2, 0) is 15.6 Å². The van der Waals surface area contributed by atoms with Crippen molar-refractivity contribution in [3.05, 3.63) is 57.8 Å². The lowest BCUT2D eigenvalue weighted by Crippen LogP contribution is -2.08. The van der Waals surface area contributed by atoms with E-state index in [2.05, 4.69) is 0 Å². The molecule has 3 nitrogen and oxygen atoms in total. The highest BCUT2D eigenvalue weighted by molar-refractivity contribution is 7.90. The van der Waals surface area contributed by atoms with Crippen molar-refractivity contribution < 1.29 is 12.8 Å². The zero-order valence-corrected chi connectivity index (χ0v) is 12.4. The fourth-order valence-corrected chi connectivity index (χ4v) is 3.87. The van der Waals surface area contributed by atoms with Crippen molar-refractivity contribution in [3.8, 4) is 0 Å². The molecule has 0 heterocycles. The van der Waals surface area contributed by atoms with E-state index < -0.39 is 26.3 Å². The molecule has 0 aliphatic rings. The van der Waals surface area contributed by atoms with Crippen LogP contribution in [0.25, 0.3) is 0 Å². The third-order valence-electron chi connectivity index (χ3n) is 2.69. The molecule has 2 N–H and O–H groups in total. The van der Waals surface area contributed by atoms with Crippen molar-refractivity contribution in [3.63, 3.8) is 0 Å². The molecule has 106 valence electrons. The Labute approximate surface area is 126 Å². The highest BCUT2D eigenvalue weighted by atomic mass is 35.5. The van der Waals surface area contributed by atoms with Gasteiger partial charge >= 0.3 is 0 Å². The first-order valence-corrected chi connectivity index (χ1v) is 7.93. The van der Waals surface area contributed by atoms with Gasteiger partial charge in [-0.2, -0.15) is 0 Å². The Morgan fingerprint density at radius 2 is 1.70 bits per heavy atom. The van der Waals surface area contributed by atoms with Gasteiger partial charge in [0.25, 0.3) is 0 Å². The second kappa shape index (κ2) is 5.60. The fraction of sp³-hybridized carbons (Fsp3) is 0.0769. The molecule has 0 unspecified atom stereocenters. The highest BCUT2D eigenvalue weighted by Gasteiger charge is 2.22. The van der Waals surface area contributed by atoms with Crippen molar-refractivity contribution in [2.75, 3.05) is 5.73 Å². The lowest BCUT2D eigenvalue weighted by Gasteiger charge is -2.09. The molecule has 0 saturated heterocycles. The first kappa shape index (κ1) is 15.1. The SMILES string of the molecule is Nc1ccc(S(=O)(=O)Cc2c(Cl)cccc2Cl)c(F)c1. The molecule has 0 atom stereocenters. The van der Waals surface area contributed by atoms with E-state index in [1.54, 1.807) is 6.07 Å². The summed E-state index contributed by atoms with van der Waals surface area (Å²) in [5, 5.41) is 0.439. The minimum Gasteiger partial charge on any atom is -0.399 e.